The van der Waals surface area contributed by atoms with Gasteiger partial charge in [0.2, 0.25) is 11.8 Å². The second-order valence-electron chi connectivity index (χ2n) is 7.48. The smallest absolute Gasteiger partial charge is 0.262 e. The van der Waals surface area contributed by atoms with Crippen molar-refractivity contribution in [1.29, 1.82) is 0 Å². The molecule has 31 heavy (non-hydrogen) atoms. The highest BCUT2D eigenvalue weighted by atomic mass is 16.5. The normalized spacial score (nSPS) is 18.1. The fourth-order valence-electron chi connectivity index (χ4n) is 3.85. The van der Waals surface area contributed by atoms with Gasteiger partial charge in [0.15, 0.2) is 5.78 Å². The van der Waals surface area contributed by atoms with Crippen LogP contribution in [0.2, 0.25) is 0 Å². The SMILES string of the molecule is COc1ccc(C(=O)CCc2ccc3c(c2)C(=O)N(C2CCC(=O)NC2=O)C3=O)cc1. The number of aryl methyl sites for hydroxylation is 1. The summed E-state index contributed by atoms with van der Waals surface area (Å²) >= 11 is 0. The minimum atomic E-state index is -0.995. The summed E-state index contributed by atoms with van der Waals surface area (Å²) in [6.07, 6.45) is 0.823. The van der Waals surface area contributed by atoms with E-state index in [1.54, 1.807) is 49.6 Å². The molecule has 2 aliphatic rings. The highest BCUT2D eigenvalue weighted by molar-refractivity contribution is 6.23. The number of rotatable bonds is 6. The summed E-state index contributed by atoms with van der Waals surface area (Å²) in [6.45, 7) is 0. The first-order valence-corrected chi connectivity index (χ1v) is 9.91. The maximum atomic E-state index is 12.9. The Morgan fingerprint density at radius 2 is 1.74 bits per heavy atom. The number of carbonyl (C=O) groups excluding carboxylic acids is 5. The lowest BCUT2D eigenvalue weighted by Gasteiger charge is -2.27. The van der Waals surface area contributed by atoms with E-state index in [0.717, 1.165) is 10.5 Å². The monoisotopic (exact) mass is 420 g/mol. The molecule has 2 heterocycles. The Morgan fingerprint density at radius 1 is 1.03 bits per heavy atom. The van der Waals surface area contributed by atoms with Gasteiger partial charge in [0.25, 0.3) is 11.8 Å². The van der Waals surface area contributed by atoms with E-state index in [-0.39, 0.29) is 36.2 Å². The number of hydrogen-bond donors (Lipinski definition) is 1. The van der Waals surface area contributed by atoms with Gasteiger partial charge in [0, 0.05) is 18.4 Å². The Balaban J connectivity index is 1.47. The quantitative estimate of drug-likeness (QED) is 0.565. The van der Waals surface area contributed by atoms with Crippen molar-refractivity contribution >= 4 is 29.4 Å². The van der Waals surface area contributed by atoms with Gasteiger partial charge in [-0.3, -0.25) is 34.2 Å². The number of carbonyl (C=O) groups is 5. The highest BCUT2D eigenvalue weighted by Gasteiger charge is 2.44. The Labute approximate surface area is 178 Å². The topological polar surface area (TPSA) is 110 Å². The molecule has 1 N–H and O–H groups in total. The zero-order valence-corrected chi connectivity index (χ0v) is 16.8. The summed E-state index contributed by atoms with van der Waals surface area (Å²) < 4.78 is 5.09. The minimum absolute atomic E-state index is 0.0456. The molecule has 1 atom stereocenters. The van der Waals surface area contributed by atoms with Crippen LogP contribution in [0.15, 0.2) is 42.5 Å². The summed E-state index contributed by atoms with van der Waals surface area (Å²) in [5.41, 5.74) is 1.74. The number of Topliss-reactive ketones (excluding diaryl/α,β-unsaturated/α-hetero) is 1. The molecular formula is C23H20N2O6. The number of fused-ring (bicyclic) bond motifs is 1. The molecular weight excluding hydrogens is 400 g/mol. The second-order valence-corrected chi connectivity index (χ2v) is 7.48. The summed E-state index contributed by atoms with van der Waals surface area (Å²) in [6, 6.07) is 10.7. The highest BCUT2D eigenvalue weighted by Crippen LogP contribution is 2.28. The molecule has 1 unspecified atom stereocenters. The lowest BCUT2D eigenvalue weighted by atomic mass is 9.99. The van der Waals surface area contributed by atoms with E-state index >= 15 is 0 Å². The van der Waals surface area contributed by atoms with Crippen molar-refractivity contribution in [2.24, 2.45) is 0 Å². The van der Waals surface area contributed by atoms with Crippen LogP contribution < -0.4 is 10.1 Å². The Kier molecular flexibility index (Phi) is 5.37. The van der Waals surface area contributed by atoms with Gasteiger partial charge < -0.3 is 4.74 Å². The fourth-order valence-corrected chi connectivity index (χ4v) is 3.85. The molecule has 4 amide bonds. The van der Waals surface area contributed by atoms with Crippen LogP contribution in [0.1, 0.15) is 55.9 Å². The second kappa shape index (κ2) is 8.14. The fraction of sp³-hybridized carbons (Fsp3) is 0.261. The van der Waals surface area contributed by atoms with Gasteiger partial charge in [0.05, 0.1) is 18.2 Å². The molecule has 8 heteroatoms. The Morgan fingerprint density at radius 3 is 2.42 bits per heavy atom. The van der Waals surface area contributed by atoms with Crippen molar-refractivity contribution in [2.75, 3.05) is 7.11 Å². The third-order valence-electron chi connectivity index (χ3n) is 5.56. The minimum Gasteiger partial charge on any atom is -0.497 e. The number of nitrogens with one attached hydrogen (secondary N) is 1. The van der Waals surface area contributed by atoms with Gasteiger partial charge in [-0.1, -0.05) is 6.07 Å². The number of ether oxygens (including phenoxy) is 1. The number of amides is 4. The molecule has 2 aliphatic heterocycles. The average molecular weight is 420 g/mol. The molecule has 4 rings (SSSR count). The summed E-state index contributed by atoms with van der Waals surface area (Å²) in [5.74, 6) is -1.54. The predicted octanol–water partition coefficient (Wildman–Crippen LogP) is 1.91. The van der Waals surface area contributed by atoms with Crippen molar-refractivity contribution < 1.29 is 28.7 Å². The van der Waals surface area contributed by atoms with Crippen LogP contribution in [0.3, 0.4) is 0 Å². The van der Waals surface area contributed by atoms with Gasteiger partial charge in [-0.05, 0) is 54.8 Å². The van der Waals surface area contributed by atoms with Crippen LogP contribution in [0.4, 0.5) is 0 Å². The number of nitrogens with zero attached hydrogens (tertiary/aromatic N) is 1. The molecule has 8 nitrogen and oxygen atoms in total. The lowest BCUT2D eigenvalue weighted by molar-refractivity contribution is -0.136. The third-order valence-corrected chi connectivity index (χ3v) is 5.56. The first kappa shape index (κ1) is 20.5. The number of imide groups is 2. The van der Waals surface area contributed by atoms with Gasteiger partial charge in [0.1, 0.15) is 11.8 Å². The molecule has 0 aromatic heterocycles. The number of benzene rings is 2. The van der Waals surface area contributed by atoms with E-state index in [0.29, 0.717) is 17.7 Å². The van der Waals surface area contributed by atoms with E-state index in [9.17, 15) is 24.0 Å². The predicted molar refractivity (Wildman–Crippen MR) is 109 cm³/mol. The van der Waals surface area contributed by atoms with Crippen LogP contribution in [-0.4, -0.2) is 47.5 Å². The van der Waals surface area contributed by atoms with Gasteiger partial charge in [-0.25, -0.2) is 0 Å². The van der Waals surface area contributed by atoms with E-state index in [1.807, 2.05) is 0 Å². The molecule has 1 fully saturated rings. The molecule has 158 valence electrons. The Bertz CT molecular complexity index is 1110. The summed E-state index contributed by atoms with van der Waals surface area (Å²) in [5, 5.41) is 2.17. The van der Waals surface area contributed by atoms with E-state index < -0.39 is 29.7 Å². The Hall–Kier alpha value is -3.81. The first-order chi connectivity index (χ1) is 14.9. The maximum Gasteiger partial charge on any atom is 0.262 e. The molecule has 2 aromatic carbocycles. The van der Waals surface area contributed by atoms with Crippen LogP contribution in [0.5, 0.6) is 5.75 Å². The average Bonchev–Trinajstić information content (AvgIpc) is 3.02. The van der Waals surface area contributed by atoms with Crippen molar-refractivity contribution in [1.82, 2.24) is 10.2 Å². The molecule has 1 saturated heterocycles. The van der Waals surface area contributed by atoms with E-state index in [4.69, 9.17) is 4.74 Å². The van der Waals surface area contributed by atoms with Crippen molar-refractivity contribution in [2.45, 2.75) is 31.7 Å². The number of piperidine rings is 1. The lowest BCUT2D eigenvalue weighted by Crippen LogP contribution is -2.54. The van der Waals surface area contributed by atoms with Crippen molar-refractivity contribution in [3.05, 3.63) is 64.7 Å². The first-order valence-electron chi connectivity index (χ1n) is 9.91. The third kappa shape index (κ3) is 3.84. The van der Waals surface area contributed by atoms with Crippen LogP contribution in [0.25, 0.3) is 0 Å². The van der Waals surface area contributed by atoms with Gasteiger partial charge >= 0.3 is 0 Å². The maximum absolute atomic E-state index is 12.9. The number of hydrogen-bond acceptors (Lipinski definition) is 6. The van der Waals surface area contributed by atoms with Crippen molar-refractivity contribution in [3.63, 3.8) is 0 Å². The largest absolute Gasteiger partial charge is 0.497 e. The molecule has 0 bridgehead atoms. The van der Waals surface area contributed by atoms with Gasteiger partial charge in [-0.2, -0.15) is 0 Å². The van der Waals surface area contributed by atoms with Crippen LogP contribution in [0, 0.1) is 0 Å². The molecule has 0 saturated carbocycles. The summed E-state index contributed by atoms with van der Waals surface area (Å²) in [4.78, 5) is 62.5. The molecule has 2 aromatic rings. The molecule has 0 radical (unpaired) electrons. The summed E-state index contributed by atoms with van der Waals surface area (Å²) in [7, 11) is 1.55. The molecule has 0 aliphatic carbocycles. The van der Waals surface area contributed by atoms with Crippen LogP contribution >= 0.6 is 0 Å². The van der Waals surface area contributed by atoms with Crippen molar-refractivity contribution in [3.8, 4) is 5.75 Å². The van der Waals surface area contributed by atoms with Gasteiger partial charge in [-0.15, -0.1) is 0 Å². The standard InChI is InChI=1S/C23H20N2O6/c1-31-15-6-4-14(5-7-15)19(26)10-3-13-2-8-16-17(12-13)23(30)25(22(16)29)18-9-11-20(27)24-21(18)28/h2,4-8,12,18H,3,9-11H2,1H3,(H,24,27,28). The zero-order chi connectivity index (χ0) is 22.1. The van der Waals surface area contributed by atoms with E-state index in [2.05, 4.69) is 5.32 Å². The number of methoxy groups -OCH3 is 1. The number of ketones is 1. The van der Waals surface area contributed by atoms with E-state index in [1.165, 1.54) is 0 Å². The van der Waals surface area contributed by atoms with Crippen LogP contribution in [-0.2, 0) is 16.0 Å². The molecule has 0 spiro atoms. The zero-order valence-electron chi connectivity index (χ0n) is 16.8.